The summed E-state index contributed by atoms with van der Waals surface area (Å²) in [6, 6.07) is 12.9. The maximum absolute atomic E-state index is 12.2. The van der Waals surface area contributed by atoms with Crippen LogP contribution in [0.5, 0.6) is 17.2 Å². The molecule has 0 fully saturated rings. The molecule has 0 aliphatic heterocycles. The average Bonchev–Trinajstić information content (AvgIpc) is 2.62. The van der Waals surface area contributed by atoms with Crippen LogP contribution in [-0.4, -0.2) is 45.7 Å². The van der Waals surface area contributed by atoms with Gasteiger partial charge in [0.25, 0.3) is 0 Å². The van der Waals surface area contributed by atoms with Gasteiger partial charge in [-0.1, -0.05) is 6.07 Å². The summed E-state index contributed by atoms with van der Waals surface area (Å²) < 4.78 is 15.7. The zero-order valence-electron chi connectivity index (χ0n) is 15.0. The van der Waals surface area contributed by atoms with Gasteiger partial charge in [-0.15, -0.1) is 0 Å². The van der Waals surface area contributed by atoms with Gasteiger partial charge in [0.15, 0.2) is 0 Å². The summed E-state index contributed by atoms with van der Waals surface area (Å²) in [5, 5.41) is 2.87. The molecular formula is C19H24N2O4. The van der Waals surface area contributed by atoms with Crippen LogP contribution in [0.2, 0.25) is 0 Å². The van der Waals surface area contributed by atoms with Gasteiger partial charge in [0.1, 0.15) is 17.2 Å². The van der Waals surface area contributed by atoms with Gasteiger partial charge < -0.3 is 19.5 Å². The van der Waals surface area contributed by atoms with Crippen molar-refractivity contribution in [2.45, 2.75) is 6.54 Å². The van der Waals surface area contributed by atoms with Gasteiger partial charge in [-0.3, -0.25) is 9.69 Å². The van der Waals surface area contributed by atoms with Gasteiger partial charge in [-0.25, -0.2) is 0 Å². The Kier molecular flexibility index (Phi) is 6.65. The Morgan fingerprint density at radius 2 is 1.60 bits per heavy atom. The molecule has 1 amide bonds. The number of hydrogen-bond acceptors (Lipinski definition) is 5. The summed E-state index contributed by atoms with van der Waals surface area (Å²) in [6.45, 7) is 0.852. The van der Waals surface area contributed by atoms with Crippen molar-refractivity contribution in [1.29, 1.82) is 0 Å². The number of anilines is 1. The standard InChI is InChI=1S/C19H24N2O4/c1-21(12-14-5-8-17(24-3)11-18(14)25-4)13-19(22)20-15-6-9-16(23-2)10-7-15/h5-11H,12-13H2,1-4H3,(H,20,22). The van der Waals surface area contributed by atoms with Crippen molar-refractivity contribution < 1.29 is 19.0 Å². The highest BCUT2D eigenvalue weighted by Gasteiger charge is 2.11. The van der Waals surface area contributed by atoms with Crippen LogP contribution in [0.25, 0.3) is 0 Å². The van der Waals surface area contributed by atoms with Gasteiger partial charge >= 0.3 is 0 Å². The Balaban J connectivity index is 1.92. The van der Waals surface area contributed by atoms with E-state index >= 15 is 0 Å². The Labute approximate surface area is 148 Å². The highest BCUT2D eigenvalue weighted by atomic mass is 16.5. The van der Waals surface area contributed by atoms with Crippen LogP contribution in [0.15, 0.2) is 42.5 Å². The van der Waals surface area contributed by atoms with Crippen LogP contribution in [-0.2, 0) is 11.3 Å². The van der Waals surface area contributed by atoms with Crippen molar-refractivity contribution in [2.75, 3.05) is 40.2 Å². The van der Waals surface area contributed by atoms with E-state index in [0.717, 1.165) is 28.5 Å². The van der Waals surface area contributed by atoms with E-state index < -0.39 is 0 Å². The molecule has 0 saturated carbocycles. The lowest BCUT2D eigenvalue weighted by atomic mass is 10.2. The molecule has 6 heteroatoms. The number of carbonyl (C=O) groups is 1. The molecule has 1 N–H and O–H groups in total. The van der Waals surface area contributed by atoms with Gasteiger partial charge in [-0.2, -0.15) is 0 Å². The maximum atomic E-state index is 12.2. The summed E-state index contributed by atoms with van der Waals surface area (Å²) in [4.78, 5) is 14.1. The molecule has 25 heavy (non-hydrogen) atoms. The Hall–Kier alpha value is -2.73. The minimum Gasteiger partial charge on any atom is -0.497 e. The van der Waals surface area contributed by atoms with E-state index in [9.17, 15) is 4.79 Å². The topological polar surface area (TPSA) is 60.0 Å². The molecule has 134 valence electrons. The molecule has 0 atom stereocenters. The lowest BCUT2D eigenvalue weighted by Crippen LogP contribution is -2.29. The number of methoxy groups -OCH3 is 3. The monoisotopic (exact) mass is 344 g/mol. The van der Waals surface area contributed by atoms with Gasteiger partial charge in [0, 0.05) is 23.9 Å². The third-order valence-electron chi connectivity index (χ3n) is 3.72. The minimum absolute atomic E-state index is 0.0832. The smallest absolute Gasteiger partial charge is 0.238 e. The molecule has 0 bridgehead atoms. The molecule has 6 nitrogen and oxygen atoms in total. The Morgan fingerprint density at radius 1 is 0.960 bits per heavy atom. The first-order chi connectivity index (χ1) is 12.0. The summed E-state index contributed by atoms with van der Waals surface area (Å²) >= 11 is 0. The number of amides is 1. The molecule has 2 aromatic rings. The zero-order chi connectivity index (χ0) is 18.2. The van der Waals surface area contributed by atoms with Gasteiger partial charge in [-0.05, 0) is 37.4 Å². The maximum Gasteiger partial charge on any atom is 0.238 e. The van der Waals surface area contributed by atoms with Crippen LogP contribution in [0.4, 0.5) is 5.69 Å². The molecule has 2 rings (SSSR count). The average molecular weight is 344 g/mol. The number of nitrogens with one attached hydrogen (secondary N) is 1. The largest absolute Gasteiger partial charge is 0.497 e. The van der Waals surface area contributed by atoms with E-state index in [2.05, 4.69) is 5.32 Å². The number of nitrogens with zero attached hydrogens (tertiary/aromatic N) is 1. The normalized spacial score (nSPS) is 10.4. The van der Waals surface area contributed by atoms with E-state index in [4.69, 9.17) is 14.2 Å². The van der Waals surface area contributed by atoms with Crippen molar-refractivity contribution in [3.05, 3.63) is 48.0 Å². The lowest BCUT2D eigenvalue weighted by Gasteiger charge is -2.18. The molecule has 2 aromatic carbocycles. The second kappa shape index (κ2) is 8.94. The fourth-order valence-electron chi connectivity index (χ4n) is 2.45. The predicted molar refractivity (Wildman–Crippen MR) is 97.5 cm³/mol. The van der Waals surface area contributed by atoms with Crippen LogP contribution in [0.1, 0.15) is 5.56 Å². The molecule has 0 heterocycles. The van der Waals surface area contributed by atoms with Crippen molar-refractivity contribution in [3.63, 3.8) is 0 Å². The fourth-order valence-corrected chi connectivity index (χ4v) is 2.45. The second-order valence-electron chi connectivity index (χ2n) is 5.63. The number of hydrogen-bond donors (Lipinski definition) is 1. The molecule has 0 aliphatic rings. The SMILES string of the molecule is COc1ccc(NC(=O)CN(C)Cc2ccc(OC)cc2OC)cc1. The van der Waals surface area contributed by atoms with E-state index in [-0.39, 0.29) is 12.5 Å². The highest BCUT2D eigenvalue weighted by molar-refractivity contribution is 5.92. The number of benzene rings is 2. The van der Waals surface area contributed by atoms with Gasteiger partial charge in [0.2, 0.25) is 5.91 Å². The first-order valence-electron chi connectivity index (χ1n) is 7.89. The van der Waals surface area contributed by atoms with Gasteiger partial charge in [0.05, 0.1) is 27.9 Å². The van der Waals surface area contributed by atoms with Crippen molar-refractivity contribution in [3.8, 4) is 17.2 Å². The number of ether oxygens (including phenoxy) is 3. The van der Waals surface area contributed by atoms with E-state index in [1.165, 1.54) is 0 Å². The zero-order valence-corrected chi connectivity index (χ0v) is 15.0. The van der Waals surface area contributed by atoms with Crippen molar-refractivity contribution in [2.24, 2.45) is 0 Å². The third kappa shape index (κ3) is 5.39. The summed E-state index contributed by atoms with van der Waals surface area (Å²) in [5.74, 6) is 2.14. The molecule has 0 aliphatic carbocycles. The van der Waals surface area contributed by atoms with E-state index in [1.807, 2.05) is 54.4 Å². The highest BCUT2D eigenvalue weighted by Crippen LogP contribution is 2.25. The number of likely N-dealkylation sites (N-methyl/N-ethyl adjacent to an activating group) is 1. The first kappa shape index (κ1) is 18.6. The third-order valence-corrected chi connectivity index (χ3v) is 3.72. The quantitative estimate of drug-likeness (QED) is 0.798. The predicted octanol–water partition coefficient (Wildman–Crippen LogP) is 2.78. The lowest BCUT2D eigenvalue weighted by molar-refractivity contribution is -0.117. The molecule has 0 unspecified atom stereocenters. The molecule has 0 radical (unpaired) electrons. The second-order valence-corrected chi connectivity index (χ2v) is 5.63. The van der Waals surface area contributed by atoms with Crippen LogP contribution in [0.3, 0.4) is 0 Å². The summed E-state index contributed by atoms with van der Waals surface area (Å²) in [7, 11) is 6.73. The summed E-state index contributed by atoms with van der Waals surface area (Å²) in [5.41, 5.74) is 1.73. The molecule has 0 saturated heterocycles. The fraction of sp³-hybridized carbons (Fsp3) is 0.316. The van der Waals surface area contributed by atoms with E-state index in [1.54, 1.807) is 21.3 Å². The van der Waals surface area contributed by atoms with E-state index in [0.29, 0.717) is 6.54 Å². The minimum atomic E-state index is -0.0832. The molecule has 0 aromatic heterocycles. The number of rotatable bonds is 8. The first-order valence-corrected chi connectivity index (χ1v) is 7.89. The van der Waals surface area contributed by atoms with Crippen LogP contribution < -0.4 is 19.5 Å². The van der Waals surface area contributed by atoms with Crippen LogP contribution >= 0.6 is 0 Å². The van der Waals surface area contributed by atoms with Crippen molar-refractivity contribution in [1.82, 2.24) is 4.90 Å². The summed E-state index contributed by atoms with van der Waals surface area (Å²) in [6.07, 6.45) is 0. The van der Waals surface area contributed by atoms with Crippen molar-refractivity contribution >= 4 is 11.6 Å². The Morgan fingerprint density at radius 3 is 2.20 bits per heavy atom. The molecular weight excluding hydrogens is 320 g/mol. The Bertz CT molecular complexity index is 701. The molecule has 0 spiro atoms. The van der Waals surface area contributed by atoms with Crippen LogP contribution in [0, 0.1) is 0 Å². The number of carbonyl (C=O) groups excluding carboxylic acids is 1.